The highest BCUT2D eigenvalue weighted by molar-refractivity contribution is 5.78. The normalized spacial score (nSPS) is 13.9. The summed E-state index contributed by atoms with van der Waals surface area (Å²) >= 11 is 0. The molecule has 96 valence electrons. The van der Waals surface area contributed by atoms with E-state index in [9.17, 15) is 4.79 Å². The van der Waals surface area contributed by atoms with Crippen molar-refractivity contribution >= 4 is 6.29 Å². The van der Waals surface area contributed by atoms with Crippen LogP contribution < -0.4 is 0 Å². The average molecular weight is 250 g/mol. The Labute approximate surface area is 114 Å². The zero-order valence-corrected chi connectivity index (χ0v) is 11.3. The van der Waals surface area contributed by atoms with E-state index in [4.69, 9.17) is 0 Å². The van der Waals surface area contributed by atoms with E-state index in [0.29, 0.717) is 0 Å². The average Bonchev–Trinajstić information content (AvgIpc) is 2.46. The predicted octanol–water partition coefficient (Wildman–Crippen LogP) is 4.35. The van der Waals surface area contributed by atoms with E-state index in [-0.39, 0.29) is 0 Å². The minimum absolute atomic E-state index is 0.749. The third-order valence-corrected chi connectivity index (χ3v) is 4.05. The van der Waals surface area contributed by atoms with Crippen molar-refractivity contribution in [1.29, 1.82) is 0 Å². The van der Waals surface area contributed by atoms with E-state index < -0.39 is 0 Å². The Balaban J connectivity index is 2.04. The lowest BCUT2D eigenvalue weighted by molar-refractivity contribution is 0.112. The predicted molar refractivity (Wildman–Crippen MR) is 78.6 cm³/mol. The molecule has 0 bridgehead atoms. The fourth-order valence-corrected chi connectivity index (χ4v) is 2.99. The van der Waals surface area contributed by atoms with Crippen LogP contribution >= 0.6 is 0 Å². The fraction of sp³-hybridized carbons (Fsp3) is 0.278. The number of carbonyl (C=O) groups excluding carboxylic acids is 1. The fourth-order valence-electron chi connectivity index (χ4n) is 2.99. The van der Waals surface area contributed by atoms with Crippen molar-refractivity contribution in [2.75, 3.05) is 0 Å². The summed E-state index contributed by atoms with van der Waals surface area (Å²) in [7, 11) is 0. The van der Waals surface area contributed by atoms with Crippen LogP contribution in [0.3, 0.4) is 0 Å². The number of carbonyl (C=O) groups is 1. The first kappa shape index (κ1) is 12.2. The van der Waals surface area contributed by atoms with Gasteiger partial charge in [-0.15, -0.1) is 0 Å². The first-order valence-electron chi connectivity index (χ1n) is 6.96. The monoisotopic (exact) mass is 250 g/mol. The van der Waals surface area contributed by atoms with Crippen molar-refractivity contribution in [3.63, 3.8) is 0 Å². The first-order valence-corrected chi connectivity index (χ1v) is 6.96. The van der Waals surface area contributed by atoms with Crippen molar-refractivity contribution < 1.29 is 4.79 Å². The molecular weight excluding hydrogens is 232 g/mol. The highest BCUT2D eigenvalue weighted by Crippen LogP contribution is 2.29. The minimum Gasteiger partial charge on any atom is -0.298 e. The lowest BCUT2D eigenvalue weighted by atomic mass is 9.88. The molecular formula is C18H18O. The molecule has 0 atom stereocenters. The Kier molecular flexibility index (Phi) is 3.20. The van der Waals surface area contributed by atoms with E-state index in [1.807, 2.05) is 12.1 Å². The van der Waals surface area contributed by atoms with Crippen LogP contribution in [0.15, 0.2) is 36.4 Å². The van der Waals surface area contributed by atoms with E-state index in [1.54, 1.807) is 0 Å². The summed E-state index contributed by atoms with van der Waals surface area (Å²) < 4.78 is 0. The summed E-state index contributed by atoms with van der Waals surface area (Å²) in [4.78, 5) is 10.8. The van der Waals surface area contributed by atoms with Gasteiger partial charge in [0.2, 0.25) is 0 Å². The van der Waals surface area contributed by atoms with E-state index in [1.165, 1.54) is 53.5 Å². The number of fused-ring (bicyclic) bond motifs is 1. The number of aryl methyl sites for hydroxylation is 3. The summed E-state index contributed by atoms with van der Waals surface area (Å²) in [6.45, 7) is 2.07. The summed E-state index contributed by atoms with van der Waals surface area (Å²) in [6.07, 6.45) is 5.95. The maximum Gasteiger partial charge on any atom is 0.150 e. The van der Waals surface area contributed by atoms with Crippen LogP contribution in [0.1, 0.15) is 39.9 Å². The van der Waals surface area contributed by atoms with Gasteiger partial charge in [-0.25, -0.2) is 0 Å². The number of benzene rings is 2. The van der Waals surface area contributed by atoms with Gasteiger partial charge in [-0.3, -0.25) is 4.79 Å². The molecule has 1 nitrogen and oxygen atoms in total. The Bertz CT molecular complexity index is 626. The van der Waals surface area contributed by atoms with Gasteiger partial charge in [0.1, 0.15) is 6.29 Å². The van der Waals surface area contributed by atoms with Crippen molar-refractivity contribution in [3.05, 3.63) is 58.7 Å². The summed E-state index contributed by atoms with van der Waals surface area (Å²) in [5.41, 5.74) is 7.44. The molecule has 0 unspecified atom stereocenters. The van der Waals surface area contributed by atoms with Crippen LogP contribution in [0, 0.1) is 6.92 Å². The summed E-state index contributed by atoms with van der Waals surface area (Å²) in [5.74, 6) is 0. The zero-order valence-electron chi connectivity index (χ0n) is 11.3. The molecule has 0 aliphatic heterocycles. The van der Waals surface area contributed by atoms with Crippen LogP contribution in [0.4, 0.5) is 0 Å². The molecule has 3 rings (SSSR count). The molecule has 1 aliphatic rings. The SMILES string of the molecule is Cc1cc(C=O)ccc1-c1ccc2c(c1)CCCC2. The van der Waals surface area contributed by atoms with Crippen LogP contribution in [0.2, 0.25) is 0 Å². The Morgan fingerprint density at radius 1 is 0.947 bits per heavy atom. The minimum atomic E-state index is 0.749. The molecule has 0 saturated heterocycles. The second kappa shape index (κ2) is 5.00. The van der Waals surface area contributed by atoms with Crippen LogP contribution in [-0.4, -0.2) is 6.29 Å². The van der Waals surface area contributed by atoms with Gasteiger partial charge in [0.05, 0.1) is 0 Å². The number of rotatable bonds is 2. The molecule has 1 heteroatoms. The molecule has 0 fully saturated rings. The van der Waals surface area contributed by atoms with Crippen molar-refractivity contribution in [2.45, 2.75) is 32.6 Å². The largest absolute Gasteiger partial charge is 0.298 e. The third-order valence-electron chi connectivity index (χ3n) is 4.05. The third kappa shape index (κ3) is 2.33. The Morgan fingerprint density at radius 3 is 2.47 bits per heavy atom. The maximum absolute atomic E-state index is 10.8. The highest BCUT2D eigenvalue weighted by Gasteiger charge is 2.11. The van der Waals surface area contributed by atoms with Crippen molar-refractivity contribution in [1.82, 2.24) is 0 Å². The standard InChI is InChI=1S/C18H18O/c1-13-10-14(12-19)6-9-18(13)17-8-7-15-4-2-3-5-16(15)11-17/h6-12H,2-5H2,1H3. The van der Waals surface area contributed by atoms with Gasteiger partial charge in [-0.2, -0.15) is 0 Å². The molecule has 19 heavy (non-hydrogen) atoms. The van der Waals surface area contributed by atoms with Gasteiger partial charge < -0.3 is 0 Å². The van der Waals surface area contributed by atoms with E-state index >= 15 is 0 Å². The maximum atomic E-state index is 10.8. The van der Waals surface area contributed by atoms with E-state index in [2.05, 4.69) is 31.2 Å². The second-order valence-electron chi connectivity index (χ2n) is 5.38. The first-order chi connectivity index (χ1) is 9.28. The topological polar surface area (TPSA) is 17.1 Å². The van der Waals surface area contributed by atoms with Crippen molar-refractivity contribution in [3.8, 4) is 11.1 Å². The van der Waals surface area contributed by atoms with Gasteiger partial charge in [-0.1, -0.05) is 30.3 Å². The molecule has 1 aliphatic carbocycles. The van der Waals surface area contributed by atoms with Gasteiger partial charge in [0.25, 0.3) is 0 Å². The quantitative estimate of drug-likeness (QED) is 0.724. The van der Waals surface area contributed by atoms with Crippen LogP contribution in [-0.2, 0) is 12.8 Å². The Hall–Kier alpha value is -1.89. The highest BCUT2D eigenvalue weighted by atomic mass is 16.1. The molecule has 0 radical (unpaired) electrons. The number of aldehydes is 1. The molecule has 0 aromatic heterocycles. The van der Waals surface area contributed by atoms with E-state index in [0.717, 1.165) is 11.8 Å². The van der Waals surface area contributed by atoms with Gasteiger partial charge in [-0.05, 0) is 66.5 Å². The molecule has 2 aromatic rings. The lowest BCUT2D eigenvalue weighted by Crippen LogP contribution is -2.02. The molecule has 0 N–H and O–H groups in total. The summed E-state index contributed by atoms with van der Waals surface area (Å²) in [5, 5.41) is 0. The molecule has 0 amide bonds. The van der Waals surface area contributed by atoms with Gasteiger partial charge in [0.15, 0.2) is 0 Å². The molecule has 0 saturated carbocycles. The lowest BCUT2D eigenvalue weighted by Gasteiger charge is -2.17. The number of hydrogen-bond donors (Lipinski definition) is 0. The number of hydrogen-bond acceptors (Lipinski definition) is 1. The van der Waals surface area contributed by atoms with Gasteiger partial charge in [0, 0.05) is 5.56 Å². The zero-order chi connectivity index (χ0) is 13.2. The summed E-state index contributed by atoms with van der Waals surface area (Å²) in [6, 6.07) is 12.7. The Morgan fingerprint density at radius 2 is 1.74 bits per heavy atom. The van der Waals surface area contributed by atoms with Crippen molar-refractivity contribution in [2.24, 2.45) is 0 Å². The molecule has 0 spiro atoms. The second-order valence-corrected chi connectivity index (χ2v) is 5.38. The smallest absolute Gasteiger partial charge is 0.150 e. The van der Waals surface area contributed by atoms with Gasteiger partial charge >= 0.3 is 0 Å². The molecule has 2 aromatic carbocycles. The van der Waals surface area contributed by atoms with Crippen LogP contribution in [0.5, 0.6) is 0 Å². The van der Waals surface area contributed by atoms with Crippen LogP contribution in [0.25, 0.3) is 11.1 Å². The molecule has 0 heterocycles.